The second-order valence-electron chi connectivity index (χ2n) is 12.1. The lowest BCUT2D eigenvalue weighted by molar-refractivity contribution is 0.483. The smallest absolute Gasteiger partial charge is 0.219 e. The van der Waals surface area contributed by atoms with Gasteiger partial charge in [0.05, 0.1) is 28.6 Å². The molecule has 0 N–H and O–H groups in total. The highest BCUT2D eigenvalue weighted by Gasteiger charge is 2.18. The van der Waals surface area contributed by atoms with Crippen LogP contribution < -0.4 is 4.74 Å². The van der Waals surface area contributed by atoms with Crippen LogP contribution in [0.3, 0.4) is 0 Å². The van der Waals surface area contributed by atoms with Gasteiger partial charge < -0.3 is 4.74 Å². The minimum absolute atomic E-state index is 0.0144. The lowest BCUT2D eigenvalue weighted by Crippen LogP contribution is -2.12. The van der Waals surface area contributed by atoms with Gasteiger partial charge in [-0.3, -0.25) is 13.5 Å². The largest absolute Gasteiger partial charge is 0.457 e. The summed E-state index contributed by atoms with van der Waals surface area (Å²) in [5, 5.41) is 2.35. The standard InChI is InChI=1S/C38H31N5O/c1-38(2,3)27-18-19-39-36(22-27)43-33-15-8-7-14-31(33)32-17-16-30(24-34(32)43)44-29-13-9-12-28(23-29)41-20-21-42-35(25-40-37(41)42)26-10-5-4-6-11-26/h4-25H,1-3H3. The van der Waals surface area contributed by atoms with Crippen LogP contribution in [0.1, 0.15) is 26.3 Å². The molecule has 0 aliphatic carbocycles. The Hall–Kier alpha value is -5.62. The number of hydrogen-bond donors (Lipinski definition) is 0. The van der Waals surface area contributed by atoms with Crippen molar-refractivity contribution in [1.82, 2.24) is 23.5 Å². The maximum atomic E-state index is 6.50. The Labute approximate surface area is 255 Å². The third-order valence-electron chi connectivity index (χ3n) is 8.24. The van der Waals surface area contributed by atoms with Gasteiger partial charge in [-0.25, -0.2) is 9.97 Å². The number of pyridine rings is 1. The van der Waals surface area contributed by atoms with E-state index in [-0.39, 0.29) is 5.41 Å². The van der Waals surface area contributed by atoms with Gasteiger partial charge in [0.1, 0.15) is 17.3 Å². The molecule has 44 heavy (non-hydrogen) atoms. The van der Waals surface area contributed by atoms with Crippen LogP contribution >= 0.6 is 0 Å². The van der Waals surface area contributed by atoms with Crippen molar-refractivity contribution < 1.29 is 4.74 Å². The molecular weight excluding hydrogens is 542 g/mol. The molecule has 0 amide bonds. The van der Waals surface area contributed by atoms with Crippen molar-refractivity contribution in [1.29, 1.82) is 0 Å². The molecule has 4 aromatic heterocycles. The number of benzene rings is 4. The molecule has 4 heterocycles. The number of aromatic nitrogens is 5. The van der Waals surface area contributed by atoms with E-state index in [0.29, 0.717) is 0 Å². The molecule has 0 aliphatic heterocycles. The average Bonchev–Trinajstić information content (AvgIpc) is 3.73. The summed E-state index contributed by atoms with van der Waals surface area (Å²) in [6.45, 7) is 6.68. The van der Waals surface area contributed by atoms with Crippen molar-refractivity contribution in [3.05, 3.63) is 140 Å². The van der Waals surface area contributed by atoms with E-state index in [9.17, 15) is 0 Å². The molecule has 0 fully saturated rings. The van der Waals surface area contributed by atoms with Crippen LogP contribution in [0.4, 0.5) is 0 Å². The molecule has 0 unspecified atom stereocenters. The highest BCUT2D eigenvalue weighted by atomic mass is 16.5. The van der Waals surface area contributed by atoms with Crippen LogP contribution in [0.15, 0.2) is 134 Å². The van der Waals surface area contributed by atoms with Crippen LogP contribution in [0, 0.1) is 0 Å². The van der Waals surface area contributed by atoms with E-state index >= 15 is 0 Å². The average molecular weight is 574 g/mol. The van der Waals surface area contributed by atoms with Gasteiger partial charge in [-0.05, 0) is 53.4 Å². The van der Waals surface area contributed by atoms with Crippen molar-refractivity contribution in [3.8, 4) is 34.3 Å². The Morgan fingerprint density at radius 2 is 1.45 bits per heavy atom. The molecule has 4 aromatic carbocycles. The van der Waals surface area contributed by atoms with E-state index in [1.54, 1.807) is 0 Å². The van der Waals surface area contributed by atoms with Crippen molar-refractivity contribution in [3.63, 3.8) is 0 Å². The third kappa shape index (κ3) is 4.34. The van der Waals surface area contributed by atoms with E-state index in [1.807, 2.05) is 67.3 Å². The first-order valence-electron chi connectivity index (χ1n) is 14.8. The predicted octanol–water partition coefficient (Wildman–Crippen LogP) is 9.37. The second kappa shape index (κ2) is 9.99. The Morgan fingerprint density at radius 3 is 2.32 bits per heavy atom. The highest BCUT2D eigenvalue weighted by Crippen LogP contribution is 2.36. The minimum atomic E-state index is 0.0144. The Kier molecular flexibility index (Phi) is 5.91. The molecule has 0 atom stereocenters. The molecule has 0 bridgehead atoms. The second-order valence-corrected chi connectivity index (χ2v) is 12.1. The molecule has 8 aromatic rings. The van der Waals surface area contributed by atoms with E-state index in [1.165, 1.54) is 10.9 Å². The van der Waals surface area contributed by atoms with E-state index < -0.39 is 0 Å². The molecule has 0 spiro atoms. The summed E-state index contributed by atoms with van der Waals surface area (Å²) >= 11 is 0. The lowest BCUT2D eigenvalue weighted by Gasteiger charge is -2.20. The van der Waals surface area contributed by atoms with Crippen molar-refractivity contribution in [2.45, 2.75) is 26.2 Å². The summed E-state index contributed by atoms with van der Waals surface area (Å²) in [5.74, 6) is 3.25. The zero-order valence-corrected chi connectivity index (χ0v) is 24.8. The number of imidazole rings is 2. The molecule has 214 valence electrons. The first-order valence-corrected chi connectivity index (χ1v) is 14.8. The zero-order valence-electron chi connectivity index (χ0n) is 24.8. The molecule has 0 saturated carbocycles. The van der Waals surface area contributed by atoms with Crippen LogP contribution in [-0.2, 0) is 5.41 Å². The predicted molar refractivity (Wildman–Crippen MR) is 177 cm³/mol. The summed E-state index contributed by atoms with van der Waals surface area (Å²) < 4.78 is 12.9. The van der Waals surface area contributed by atoms with Gasteiger partial charge in [0.2, 0.25) is 5.78 Å². The molecule has 6 heteroatoms. The highest BCUT2D eigenvalue weighted by molar-refractivity contribution is 6.09. The van der Waals surface area contributed by atoms with Gasteiger partial charge in [-0.15, -0.1) is 0 Å². The quantitative estimate of drug-likeness (QED) is 0.206. The molecule has 0 radical (unpaired) electrons. The molecule has 0 saturated heterocycles. The number of para-hydroxylation sites is 1. The number of rotatable bonds is 5. The Bertz CT molecular complexity index is 2300. The maximum absolute atomic E-state index is 6.50. The Balaban J connectivity index is 1.18. The molecule has 0 aliphatic rings. The van der Waals surface area contributed by atoms with Gasteiger partial charge in [0, 0.05) is 47.1 Å². The summed E-state index contributed by atoms with van der Waals surface area (Å²) in [6, 6.07) is 37.5. The minimum Gasteiger partial charge on any atom is -0.457 e. The van der Waals surface area contributed by atoms with E-state index in [0.717, 1.165) is 56.5 Å². The number of hydrogen-bond acceptors (Lipinski definition) is 3. The van der Waals surface area contributed by atoms with Crippen molar-refractivity contribution >= 4 is 27.6 Å². The monoisotopic (exact) mass is 573 g/mol. The van der Waals surface area contributed by atoms with Crippen LogP contribution in [0.25, 0.3) is 50.3 Å². The fourth-order valence-electron chi connectivity index (χ4n) is 6.00. The van der Waals surface area contributed by atoms with E-state index in [4.69, 9.17) is 14.7 Å². The summed E-state index contributed by atoms with van der Waals surface area (Å²) in [4.78, 5) is 9.54. The van der Waals surface area contributed by atoms with Gasteiger partial charge in [-0.1, -0.05) is 75.4 Å². The number of nitrogens with zero attached hydrogens (tertiary/aromatic N) is 5. The third-order valence-corrected chi connectivity index (χ3v) is 8.24. The Morgan fingerprint density at radius 1 is 0.659 bits per heavy atom. The molecule has 8 rings (SSSR count). The van der Waals surface area contributed by atoms with Gasteiger partial charge in [0.15, 0.2) is 0 Å². The van der Waals surface area contributed by atoms with Gasteiger partial charge >= 0.3 is 0 Å². The number of fused-ring (bicyclic) bond motifs is 4. The van der Waals surface area contributed by atoms with Crippen LogP contribution in [-0.4, -0.2) is 23.5 Å². The topological polar surface area (TPSA) is 49.3 Å². The first-order chi connectivity index (χ1) is 21.4. The maximum Gasteiger partial charge on any atom is 0.219 e. The SMILES string of the molecule is CC(C)(C)c1ccnc(-n2c3ccccc3c3ccc(Oc4cccc(-n5ccn6c(-c7ccccc7)cnc56)c4)cc32)c1. The molecular formula is C38H31N5O. The number of ether oxygens (including phenoxy) is 1. The fraction of sp³-hybridized carbons (Fsp3) is 0.105. The van der Waals surface area contributed by atoms with E-state index in [2.05, 4.69) is 101 Å². The van der Waals surface area contributed by atoms with Crippen LogP contribution in [0.5, 0.6) is 11.5 Å². The summed E-state index contributed by atoms with van der Waals surface area (Å²) in [7, 11) is 0. The van der Waals surface area contributed by atoms with Crippen molar-refractivity contribution in [2.75, 3.05) is 0 Å². The van der Waals surface area contributed by atoms with Crippen LogP contribution in [0.2, 0.25) is 0 Å². The summed E-state index contributed by atoms with van der Waals surface area (Å²) in [6.07, 6.45) is 7.91. The fourth-order valence-corrected chi connectivity index (χ4v) is 6.00. The molecule has 6 nitrogen and oxygen atoms in total. The lowest BCUT2D eigenvalue weighted by atomic mass is 9.88. The summed E-state index contributed by atoms with van der Waals surface area (Å²) in [5.41, 5.74) is 6.58. The normalized spacial score (nSPS) is 12.0. The van der Waals surface area contributed by atoms with Gasteiger partial charge in [-0.2, -0.15) is 0 Å². The van der Waals surface area contributed by atoms with Gasteiger partial charge in [0.25, 0.3) is 0 Å². The zero-order chi connectivity index (χ0) is 29.8. The van der Waals surface area contributed by atoms with Crippen molar-refractivity contribution in [2.24, 2.45) is 0 Å². The first kappa shape index (κ1) is 26.0.